The van der Waals surface area contributed by atoms with Crippen LogP contribution in [0.4, 0.5) is 4.79 Å². The summed E-state index contributed by atoms with van der Waals surface area (Å²) in [7, 11) is 0. The van der Waals surface area contributed by atoms with Gasteiger partial charge < -0.3 is 19.7 Å². The number of amides is 2. The lowest BCUT2D eigenvalue weighted by molar-refractivity contribution is 0.161. The highest BCUT2D eigenvalue weighted by Crippen LogP contribution is 2.39. The average molecular weight is 304 g/mol. The molecule has 0 aromatic heterocycles. The van der Waals surface area contributed by atoms with Gasteiger partial charge in [0.2, 0.25) is 0 Å². The van der Waals surface area contributed by atoms with Gasteiger partial charge >= 0.3 is 6.03 Å². The summed E-state index contributed by atoms with van der Waals surface area (Å²) in [5, 5.41) is 3.04. The first kappa shape index (κ1) is 15.0. The molecular formula is C17H24N2O3. The molecule has 2 heterocycles. The standard InChI is InChI=1S/C17H24N2O3/c1-11-13-10-15-14(21-7-8-22-15)9-12(13)5-6-19(11)16(20)18-17(2,3)4/h9-11H,5-8H2,1-4H3,(H,18,20). The van der Waals surface area contributed by atoms with Crippen LogP contribution >= 0.6 is 0 Å². The van der Waals surface area contributed by atoms with Crippen molar-refractivity contribution < 1.29 is 14.3 Å². The fourth-order valence-electron chi connectivity index (χ4n) is 3.02. The molecule has 1 unspecified atom stereocenters. The van der Waals surface area contributed by atoms with Crippen molar-refractivity contribution >= 4 is 6.03 Å². The van der Waals surface area contributed by atoms with Crippen molar-refractivity contribution in [2.45, 2.75) is 45.7 Å². The van der Waals surface area contributed by atoms with Crippen molar-refractivity contribution in [1.29, 1.82) is 0 Å². The molecule has 0 spiro atoms. The zero-order valence-electron chi connectivity index (χ0n) is 13.7. The SMILES string of the molecule is CC1c2cc3c(cc2CCN1C(=O)NC(C)(C)C)OCCO3. The van der Waals surface area contributed by atoms with E-state index < -0.39 is 0 Å². The van der Waals surface area contributed by atoms with Crippen LogP contribution in [0.3, 0.4) is 0 Å². The predicted octanol–water partition coefficient (Wildman–Crippen LogP) is 2.89. The van der Waals surface area contributed by atoms with E-state index in [0.717, 1.165) is 30.0 Å². The van der Waals surface area contributed by atoms with Gasteiger partial charge in [0.05, 0.1) is 6.04 Å². The molecule has 120 valence electrons. The van der Waals surface area contributed by atoms with Crippen molar-refractivity contribution in [2.24, 2.45) is 0 Å². The molecule has 1 N–H and O–H groups in total. The average Bonchev–Trinajstić information content (AvgIpc) is 2.44. The highest BCUT2D eigenvalue weighted by molar-refractivity contribution is 5.76. The Balaban J connectivity index is 1.85. The molecule has 1 aromatic carbocycles. The molecule has 0 saturated heterocycles. The van der Waals surface area contributed by atoms with E-state index in [1.165, 1.54) is 5.56 Å². The second kappa shape index (κ2) is 5.38. The van der Waals surface area contributed by atoms with E-state index in [1.807, 2.05) is 31.7 Å². The minimum Gasteiger partial charge on any atom is -0.486 e. The topological polar surface area (TPSA) is 50.8 Å². The summed E-state index contributed by atoms with van der Waals surface area (Å²) in [6.07, 6.45) is 0.841. The second-order valence-corrected chi connectivity index (χ2v) is 6.99. The van der Waals surface area contributed by atoms with Gasteiger partial charge in [-0.2, -0.15) is 0 Å². The molecule has 0 aliphatic carbocycles. The number of fused-ring (bicyclic) bond motifs is 2. The van der Waals surface area contributed by atoms with Crippen molar-refractivity contribution in [2.75, 3.05) is 19.8 Å². The number of carbonyl (C=O) groups is 1. The Labute approximate surface area is 131 Å². The first-order chi connectivity index (χ1) is 10.3. The highest BCUT2D eigenvalue weighted by Gasteiger charge is 2.31. The maximum absolute atomic E-state index is 12.5. The molecule has 3 rings (SSSR count). The Morgan fingerprint density at radius 2 is 1.86 bits per heavy atom. The minimum absolute atomic E-state index is 0.0134. The number of ether oxygens (including phenoxy) is 2. The van der Waals surface area contributed by atoms with Gasteiger partial charge in [-0.05, 0) is 57.4 Å². The number of carbonyl (C=O) groups excluding carboxylic acids is 1. The maximum atomic E-state index is 12.5. The summed E-state index contributed by atoms with van der Waals surface area (Å²) in [5.41, 5.74) is 2.17. The van der Waals surface area contributed by atoms with Gasteiger partial charge in [-0.1, -0.05) is 0 Å². The molecule has 2 amide bonds. The summed E-state index contributed by atoms with van der Waals surface area (Å²) in [4.78, 5) is 14.4. The van der Waals surface area contributed by atoms with Crippen molar-refractivity contribution in [3.63, 3.8) is 0 Å². The number of hydrogen-bond acceptors (Lipinski definition) is 3. The zero-order valence-corrected chi connectivity index (χ0v) is 13.7. The van der Waals surface area contributed by atoms with E-state index in [0.29, 0.717) is 13.2 Å². The first-order valence-corrected chi connectivity index (χ1v) is 7.86. The van der Waals surface area contributed by atoms with E-state index >= 15 is 0 Å². The molecule has 22 heavy (non-hydrogen) atoms. The normalized spacial score (nSPS) is 20.4. The van der Waals surface area contributed by atoms with Gasteiger partial charge in [0.15, 0.2) is 11.5 Å². The molecule has 1 atom stereocenters. The molecule has 0 radical (unpaired) electrons. The molecule has 0 saturated carbocycles. The van der Waals surface area contributed by atoms with Gasteiger partial charge in [0, 0.05) is 12.1 Å². The Bertz CT molecular complexity index is 592. The monoisotopic (exact) mass is 304 g/mol. The number of rotatable bonds is 0. The van der Waals surface area contributed by atoms with E-state index in [-0.39, 0.29) is 17.6 Å². The largest absolute Gasteiger partial charge is 0.486 e. The smallest absolute Gasteiger partial charge is 0.318 e. The molecule has 2 aliphatic heterocycles. The summed E-state index contributed by atoms with van der Waals surface area (Å²) in [6, 6.07) is 4.12. The van der Waals surface area contributed by atoms with Crippen LogP contribution in [0.15, 0.2) is 12.1 Å². The van der Waals surface area contributed by atoms with Crippen LogP contribution in [0.1, 0.15) is 44.9 Å². The molecular weight excluding hydrogens is 280 g/mol. The van der Waals surface area contributed by atoms with Crippen molar-refractivity contribution in [3.05, 3.63) is 23.3 Å². The molecule has 5 nitrogen and oxygen atoms in total. The fraction of sp³-hybridized carbons (Fsp3) is 0.588. The highest BCUT2D eigenvalue weighted by atomic mass is 16.6. The molecule has 0 bridgehead atoms. The van der Waals surface area contributed by atoms with Gasteiger partial charge in [0.25, 0.3) is 0 Å². The summed E-state index contributed by atoms with van der Waals surface area (Å²) >= 11 is 0. The van der Waals surface area contributed by atoms with Crippen molar-refractivity contribution in [1.82, 2.24) is 10.2 Å². The van der Waals surface area contributed by atoms with Gasteiger partial charge in [-0.3, -0.25) is 0 Å². The molecule has 2 aliphatic rings. The van der Waals surface area contributed by atoms with Crippen LogP contribution in [-0.4, -0.2) is 36.2 Å². The van der Waals surface area contributed by atoms with E-state index in [1.54, 1.807) is 0 Å². The fourth-order valence-corrected chi connectivity index (χ4v) is 3.02. The van der Waals surface area contributed by atoms with Crippen LogP contribution in [0.2, 0.25) is 0 Å². The predicted molar refractivity (Wildman–Crippen MR) is 84.5 cm³/mol. The Kier molecular flexibility index (Phi) is 3.67. The quantitative estimate of drug-likeness (QED) is 0.802. The second-order valence-electron chi connectivity index (χ2n) is 6.99. The Hall–Kier alpha value is -1.91. The summed E-state index contributed by atoms with van der Waals surface area (Å²) < 4.78 is 11.3. The van der Waals surface area contributed by atoms with E-state index in [9.17, 15) is 4.79 Å². The third kappa shape index (κ3) is 2.85. The lowest BCUT2D eigenvalue weighted by atomic mass is 9.93. The minimum atomic E-state index is -0.232. The van der Waals surface area contributed by atoms with Gasteiger partial charge in [0.1, 0.15) is 13.2 Å². The van der Waals surface area contributed by atoms with Crippen LogP contribution in [0.5, 0.6) is 11.5 Å². The summed E-state index contributed by atoms with van der Waals surface area (Å²) in [6.45, 7) is 9.95. The zero-order chi connectivity index (χ0) is 15.9. The first-order valence-electron chi connectivity index (χ1n) is 7.86. The number of nitrogens with one attached hydrogen (secondary N) is 1. The summed E-state index contributed by atoms with van der Waals surface area (Å²) in [5.74, 6) is 1.61. The van der Waals surface area contributed by atoms with Crippen LogP contribution < -0.4 is 14.8 Å². The number of urea groups is 1. The van der Waals surface area contributed by atoms with Crippen LogP contribution in [-0.2, 0) is 6.42 Å². The van der Waals surface area contributed by atoms with Crippen molar-refractivity contribution in [3.8, 4) is 11.5 Å². The maximum Gasteiger partial charge on any atom is 0.318 e. The molecule has 0 fully saturated rings. The van der Waals surface area contributed by atoms with E-state index in [4.69, 9.17) is 9.47 Å². The molecule has 1 aromatic rings. The van der Waals surface area contributed by atoms with Gasteiger partial charge in [-0.15, -0.1) is 0 Å². The lowest BCUT2D eigenvalue weighted by Gasteiger charge is -2.37. The number of nitrogens with zero attached hydrogens (tertiary/aromatic N) is 1. The Morgan fingerprint density at radius 1 is 1.23 bits per heavy atom. The van der Waals surface area contributed by atoms with Crippen LogP contribution in [0.25, 0.3) is 0 Å². The molecule has 5 heteroatoms. The number of hydrogen-bond donors (Lipinski definition) is 1. The third-order valence-electron chi connectivity index (χ3n) is 4.09. The third-order valence-corrected chi connectivity index (χ3v) is 4.09. The van der Waals surface area contributed by atoms with E-state index in [2.05, 4.69) is 18.3 Å². The van der Waals surface area contributed by atoms with Crippen LogP contribution in [0, 0.1) is 0 Å². The van der Waals surface area contributed by atoms with Gasteiger partial charge in [-0.25, -0.2) is 4.79 Å². The Morgan fingerprint density at radius 3 is 2.50 bits per heavy atom. The number of benzene rings is 1. The lowest BCUT2D eigenvalue weighted by Crippen LogP contribution is -2.51.